The highest BCUT2D eigenvalue weighted by molar-refractivity contribution is 6.42. The van der Waals surface area contributed by atoms with Crippen LogP contribution in [0, 0.1) is 0 Å². The Hall–Kier alpha value is -2.50. The van der Waals surface area contributed by atoms with Gasteiger partial charge in [0.05, 0.1) is 16.6 Å². The molecule has 1 amide bonds. The SMILES string of the molecule is O=C(COc1ccc(Cl)c(Cl)c1)NCc1cccc(Cn2cccn2)c1. The Bertz CT molecular complexity index is 882. The molecule has 0 aliphatic rings. The van der Waals surface area contributed by atoms with Crippen LogP contribution in [-0.2, 0) is 17.9 Å². The lowest BCUT2D eigenvalue weighted by Gasteiger charge is -2.09. The maximum absolute atomic E-state index is 12.0. The highest BCUT2D eigenvalue weighted by Gasteiger charge is 2.05. The third-order valence-corrected chi connectivity index (χ3v) is 4.38. The molecule has 26 heavy (non-hydrogen) atoms. The van der Waals surface area contributed by atoms with Gasteiger partial charge < -0.3 is 10.1 Å². The maximum Gasteiger partial charge on any atom is 0.258 e. The summed E-state index contributed by atoms with van der Waals surface area (Å²) in [7, 11) is 0. The van der Waals surface area contributed by atoms with Gasteiger partial charge in [-0.05, 0) is 29.3 Å². The minimum atomic E-state index is -0.214. The number of ether oxygens (including phenoxy) is 1. The van der Waals surface area contributed by atoms with Crippen LogP contribution in [0.25, 0.3) is 0 Å². The molecule has 0 aliphatic carbocycles. The second-order valence-corrected chi connectivity index (χ2v) is 6.48. The Morgan fingerprint density at radius 3 is 2.69 bits per heavy atom. The molecule has 0 saturated heterocycles. The Morgan fingerprint density at radius 1 is 1.08 bits per heavy atom. The maximum atomic E-state index is 12.0. The summed E-state index contributed by atoms with van der Waals surface area (Å²) < 4.78 is 7.27. The Morgan fingerprint density at radius 2 is 1.92 bits per heavy atom. The number of carbonyl (C=O) groups is 1. The normalized spacial score (nSPS) is 10.5. The van der Waals surface area contributed by atoms with Crippen LogP contribution in [0.5, 0.6) is 5.75 Å². The zero-order chi connectivity index (χ0) is 18.4. The molecule has 1 heterocycles. The number of hydrogen-bond acceptors (Lipinski definition) is 3. The van der Waals surface area contributed by atoms with Crippen molar-refractivity contribution in [1.29, 1.82) is 0 Å². The third kappa shape index (κ3) is 5.25. The number of amides is 1. The first-order valence-electron chi connectivity index (χ1n) is 8.00. The summed E-state index contributed by atoms with van der Waals surface area (Å²) in [5, 5.41) is 7.86. The Balaban J connectivity index is 1.48. The Labute approximate surface area is 161 Å². The van der Waals surface area contributed by atoms with Crippen LogP contribution in [-0.4, -0.2) is 22.3 Å². The number of aromatic nitrogens is 2. The fraction of sp³-hybridized carbons (Fsp3) is 0.158. The summed E-state index contributed by atoms with van der Waals surface area (Å²) in [6.45, 7) is 1.02. The topological polar surface area (TPSA) is 56.1 Å². The summed E-state index contributed by atoms with van der Waals surface area (Å²) in [4.78, 5) is 12.0. The lowest BCUT2D eigenvalue weighted by Crippen LogP contribution is -2.28. The van der Waals surface area contributed by atoms with Crippen molar-refractivity contribution >= 4 is 29.1 Å². The predicted octanol–water partition coefficient (Wildman–Crippen LogP) is 3.93. The second kappa shape index (κ2) is 8.74. The quantitative estimate of drug-likeness (QED) is 0.665. The van der Waals surface area contributed by atoms with Crippen molar-refractivity contribution in [2.75, 3.05) is 6.61 Å². The average Bonchev–Trinajstić information content (AvgIpc) is 3.14. The first-order chi connectivity index (χ1) is 12.6. The molecule has 0 radical (unpaired) electrons. The van der Waals surface area contributed by atoms with Crippen LogP contribution in [0.3, 0.4) is 0 Å². The minimum Gasteiger partial charge on any atom is -0.484 e. The Kier molecular flexibility index (Phi) is 6.15. The van der Waals surface area contributed by atoms with Gasteiger partial charge in [-0.25, -0.2) is 0 Å². The lowest BCUT2D eigenvalue weighted by atomic mass is 10.1. The first kappa shape index (κ1) is 18.3. The summed E-state index contributed by atoms with van der Waals surface area (Å²) in [5.74, 6) is 0.282. The van der Waals surface area contributed by atoms with Gasteiger partial charge in [0.15, 0.2) is 6.61 Å². The first-order valence-corrected chi connectivity index (χ1v) is 8.75. The molecule has 0 spiro atoms. The summed E-state index contributed by atoms with van der Waals surface area (Å²) in [6, 6.07) is 14.8. The molecule has 3 aromatic rings. The van der Waals surface area contributed by atoms with Gasteiger partial charge in [0, 0.05) is 25.0 Å². The molecule has 3 rings (SSSR count). The molecule has 0 unspecified atom stereocenters. The predicted molar refractivity (Wildman–Crippen MR) is 102 cm³/mol. The standard InChI is InChI=1S/C19H17Cl2N3O2/c20-17-6-5-16(10-18(17)21)26-13-19(25)22-11-14-3-1-4-15(9-14)12-24-8-2-7-23-24/h1-10H,11-13H2,(H,22,25). The molecule has 2 aromatic carbocycles. The van der Waals surface area contributed by atoms with Crippen LogP contribution in [0.1, 0.15) is 11.1 Å². The van der Waals surface area contributed by atoms with Crippen molar-refractivity contribution in [2.45, 2.75) is 13.1 Å². The summed E-state index contributed by atoms with van der Waals surface area (Å²) >= 11 is 11.8. The molecule has 0 aliphatic heterocycles. The molecule has 1 N–H and O–H groups in total. The van der Waals surface area contributed by atoms with Gasteiger partial charge in [-0.1, -0.05) is 47.5 Å². The van der Waals surface area contributed by atoms with Crippen LogP contribution < -0.4 is 10.1 Å². The number of benzene rings is 2. The monoisotopic (exact) mass is 389 g/mol. The van der Waals surface area contributed by atoms with E-state index in [0.29, 0.717) is 28.9 Å². The van der Waals surface area contributed by atoms with Gasteiger partial charge in [-0.2, -0.15) is 5.10 Å². The smallest absolute Gasteiger partial charge is 0.258 e. The fourth-order valence-electron chi connectivity index (χ4n) is 2.39. The van der Waals surface area contributed by atoms with E-state index in [4.69, 9.17) is 27.9 Å². The van der Waals surface area contributed by atoms with Gasteiger partial charge in [0.2, 0.25) is 0 Å². The second-order valence-electron chi connectivity index (χ2n) is 5.66. The van der Waals surface area contributed by atoms with E-state index in [1.165, 1.54) is 0 Å². The molecule has 5 nitrogen and oxygen atoms in total. The van der Waals surface area contributed by atoms with E-state index < -0.39 is 0 Å². The van der Waals surface area contributed by atoms with Crippen LogP contribution in [0.2, 0.25) is 10.0 Å². The summed E-state index contributed by atoms with van der Waals surface area (Å²) in [6.07, 6.45) is 3.66. The van der Waals surface area contributed by atoms with Gasteiger partial charge in [-0.3, -0.25) is 9.48 Å². The van der Waals surface area contributed by atoms with E-state index in [9.17, 15) is 4.79 Å². The number of rotatable bonds is 7. The van der Waals surface area contributed by atoms with Crippen LogP contribution >= 0.6 is 23.2 Å². The van der Waals surface area contributed by atoms with E-state index in [0.717, 1.165) is 11.1 Å². The van der Waals surface area contributed by atoms with E-state index in [1.54, 1.807) is 24.4 Å². The molecule has 7 heteroatoms. The van der Waals surface area contributed by atoms with Gasteiger partial charge >= 0.3 is 0 Å². The average molecular weight is 390 g/mol. The van der Waals surface area contributed by atoms with Crippen molar-refractivity contribution in [3.05, 3.63) is 82.1 Å². The van der Waals surface area contributed by atoms with Gasteiger partial charge in [0.1, 0.15) is 5.75 Å². The van der Waals surface area contributed by atoms with Crippen molar-refractivity contribution in [3.8, 4) is 5.75 Å². The van der Waals surface area contributed by atoms with Crippen molar-refractivity contribution < 1.29 is 9.53 Å². The van der Waals surface area contributed by atoms with Crippen LogP contribution in [0.15, 0.2) is 60.9 Å². The van der Waals surface area contributed by atoms with Crippen molar-refractivity contribution in [2.24, 2.45) is 0 Å². The number of nitrogens with one attached hydrogen (secondary N) is 1. The number of halogens is 2. The lowest BCUT2D eigenvalue weighted by molar-refractivity contribution is -0.123. The van der Waals surface area contributed by atoms with Crippen LogP contribution in [0.4, 0.5) is 0 Å². The third-order valence-electron chi connectivity index (χ3n) is 3.65. The van der Waals surface area contributed by atoms with E-state index in [1.807, 2.05) is 41.2 Å². The number of hydrogen-bond donors (Lipinski definition) is 1. The highest BCUT2D eigenvalue weighted by Crippen LogP contribution is 2.26. The largest absolute Gasteiger partial charge is 0.484 e. The van der Waals surface area contributed by atoms with Crippen molar-refractivity contribution in [1.82, 2.24) is 15.1 Å². The van der Waals surface area contributed by atoms with Crippen molar-refractivity contribution in [3.63, 3.8) is 0 Å². The zero-order valence-electron chi connectivity index (χ0n) is 13.9. The van der Waals surface area contributed by atoms with Gasteiger partial charge in [-0.15, -0.1) is 0 Å². The molecule has 134 valence electrons. The van der Waals surface area contributed by atoms with Gasteiger partial charge in [0.25, 0.3) is 5.91 Å². The number of nitrogens with zero attached hydrogens (tertiary/aromatic N) is 2. The molecule has 0 fully saturated rings. The van der Waals surface area contributed by atoms with E-state index in [-0.39, 0.29) is 12.5 Å². The summed E-state index contributed by atoms with van der Waals surface area (Å²) in [5.41, 5.74) is 2.13. The molecular formula is C19H17Cl2N3O2. The molecule has 1 aromatic heterocycles. The molecule has 0 saturated carbocycles. The van der Waals surface area contributed by atoms with E-state index >= 15 is 0 Å². The molecular weight excluding hydrogens is 373 g/mol. The molecule has 0 atom stereocenters. The fourth-order valence-corrected chi connectivity index (χ4v) is 2.67. The highest BCUT2D eigenvalue weighted by atomic mass is 35.5. The number of carbonyl (C=O) groups excluding carboxylic acids is 1. The molecule has 0 bridgehead atoms. The zero-order valence-corrected chi connectivity index (χ0v) is 15.4. The minimum absolute atomic E-state index is 0.0923. The van der Waals surface area contributed by atoms with E-state index in [2.05, 4.69) is 10.4 Å².